The predicted molar refractivity (Wildman–Crippen MR) is 207 cm³/mol. The summed E-state index contributed by atoms with van der Waals surface area (Å²) in [6.45, 7) is 0. The third-order valence-corrected chi connectivity index (χ3v) is 11.7. The summed E-state index contributed by atoms with van der Waals surface area (Å²) in [5.41, 5.74) is 5.97. The molecule has 1 nitrogen and oxygen atoms in total. The van der Waals surface area contributed by atoms with E-state index in [0.717, 1.165) is 11.4 Å². The summed E-state index contributed by atoms with van der Waals surface area (Å²) in [7, 11) is 0. The summed E-state index contributed by atoms with van der Waals surface area (Å²) in [4.78, 5) is 2.45. The molecule has 3 heteroatoms. The second-order valence-corrected chi connectivity index (χ2v) is 14.3. The molecule has 0 N–H and O–H groups in total. The van der Waals surface area contributed by atoms with Crippen molar-refractivity contribution in [3.63, 3.8) is 0 Å². The Morgan fingerprint density at radius 2 is 0.957 bits per heavy atom. The normalized spacial score (nSPS) is 11.8. The first-order valence-corrected chi connectivity index (χ1v) is 17.6. The summed E-state index contributed by atoms with van der Waals surface area (Å²) >= 11 is 3.73. The van der Waals surface area contributed by atoms with Gasteiger partial charge in [0.05, 0.1) is 5.69 Å². The van der Waals surface area contributed by atoms with E-state index in [2.05, 4.69) is 169 Å². The first-order chi connectivity index (χ1) is 23.3. The maximum atomic E-state index is 2.45. The Hall–Kier alpha value is -5.48. The molecule has 0 radical (unpaired) electrons. The molecule has 8 aromatic carbocycles. The highest BCUT2D eigenvalue weighted by atomic mass is 32.1. The van der Waals surface area contributed by atoms with Crippen LogP contribution in [0.15, 0.2) is 164 Å². The number of hydrogen-bond acceptors (Lipinski definition) is 3. The van der Waals surface area contributed by atoms with Crippen molar-refractivity contribution in [1.29, 1.82) is 0 Å². The van der Waals surface area contributed by atoms with Gasteiger partial charge in [0.15, 0.2) is 0 Å². The van der Waals surface area contributed by atoms with Crippen molar-refractivity contribution in [3.05, 3.63) is 164 Å². The molecule has 0 aliphatic carbocycles. The Labute approximate surface area is 280 Å². The zero-order valence-electron chi connectivity index (χ0n) is 25.4. The van der Waals surface area contributed by atoms with Crippen LogP contribution in [0.2, 0.25) is 0 Å². The Bertz CT molecular complexity index is 2800. The van der Waals surface area contributed by atoms with Crippen molar-refractivity contribution in [2.75, 3.05) is 4.90 Å². The molecule has 47 heavy (non-hydrogen) atoms. The summed E-state index contributed by atoms with van der Waals surface area (Å²) in [5.74, 6) is 0. The van der Waals surface area contributed by atoms with Crippen LogP contribution >= 0.6 is 22.7 Å². The van der Waals surface area contributed by atoms with E-state index in [1.54, 1.807) is 0 Å². The summed E-state index contributed by atoms with van der Waals surface area (Å²) in [5, 5.41) is 10.3. The zero-order valence-corrected chi connectivity index (χ0v) is 27.0. The minimum absolute atomic E-state index is 1.14. The number of rotatable bonds is 4. The molecule has 0 saturated heterocycles. The van der Waals surface area contributed by atoms with Gasteiger partial charge in [0.25, 0.3) is 0 Å². The van der Waals surface area contributed by atoms with Gasteiger partial charge in [-0.05, 0) is 93.3 Å². The number of hydrogen-bond donors (Lipinski definition) is 0. The van der Waals surface area contributed by atoms with E-state index >= 15 is 0 Å². The van der Waals surface area contributed by atoms with Crippen molar-refractivity contribution in [2.24, 2.45) is 0 Å². The van der Waals surface area contributed by atoms with Gasteiger partial charge in [0.2, 0.25) is 0 Å². The van der Waals surface area contributed by atoms with E-state index in [-0.39, 0.29) is 0 Å². The van der Waals surface area contributed by atoms with Crippen LogP contribution in [-0.4, -0.2) is 0 Å². The molecule has 0 aliphatic rings. The van der Waals surface area contributed by atoms with Gasteiger partial charge in [-0.3, -0.25) is 0 Å². The fourth-order valence-corrected chi connectivity index (χ4v) is 9.52. The Morgan fingerprint density at radius 1 is 0.362 bits per heavy atom. The first kappa shape index (κ1) is 26.7. The molecule has 0 amide bonds. The molecule has 220 valence electrons. The van der Waals surface area contributed by atoms with Crippen molar-refractivity contribution < 1.29 is 0 Å². The monoisotopic (exact) mass is 633 g/mol. The lowest BCUT2D eigenvalue weighted by atomic mass is 9.93. The average Bonchev–Trinajstić information content (AvgIpc) is 3.70. The molecule has 0 unspecified atom stereocenters. The van der Waals surface area contributed by atoms with Crippen molar-refractivity contribution >= 4 is 102 Å². The van der Waals surface area contributed by atoms with Crippen molar-refractivity contribution in [1.82, 2.24) is 0 Å². The van der Waals surface area contributed by atoms with E-state index < -0.39 is 0 Å². The van der Waals surface area contributed by atoms with E-state index in [9.17, 15) is 0 Å². The number of benzene rings is 8. The van der Waals surface area contributed by atoms with E-state index in [1.165, 1.54) is 78.7 Å². The van der Waals surface area contributed by atoms with Crippen LogP contribution < -0.4 is 4.90 Å². The third kappa shape index (κ3) is 4.21. The van der Waals surface area contributed by atoms with Crippen molar-refractivity contribution in [3.8, 4) is 11.1 Å². The van der Waals surface area contributed by atoms with Gasteiger partial charge in [-0.1, -0.05) is 103 Å². The van der Waals surface area contributed by atoms with E-state index in [4.69, 9.17) is 0 Å². The number of nitrogens with zero attached hydrogens (tertiary/aromatic N) is 1. The van der Waals surface area contributed by atoms with Crippen molar-refractivity contribution in [2.45, 2.75) is 0 Å². The van der Waals surface area contributed by atoms with Gasteiger partial charge in [-0.25, -0.2) is 0 Å². The van der Waals surface area contributed by atoms with Crippen LogP contribution in [-0.2, 0) is 0 Å². The lowest BCUT2D eigenvalue weighted by molar-refractivity contribution is 1.31. The van der Waals surface area contributed by atoms with Gasteiger partial charge < -0.3 is 4.90 Å². The summed E-state index contributed by atoms with van der Waals surface area (Å²) in [6.07, 6.45) is 0. The molecule has 2 heterocycles. The van der Waals surface area contributed by atoms with Gasteiger partial charge in [0.1, 0.15) is 0 Å². The second kappa shape index (κ2) is 10.5. The van der Waals surface area contributed by atoms with E-state index in [1.807, 2.05) is 22.7 Å². The minimum Gasteiger partial charge on any atom is -0.310 e. The first-order valence-electron chi connectivity index (χ1n) is 15.9. The second-order valence-electron chi connectivity index (χ2n) is 12.1. The number of fused-ring (bicyclic) bond motifs is 9. The van der Waals surface area contributed by atoms with Gasteiger partial charge >= 0.3 is 0 Å². The fraction of sp³-hybridized carbons (Fsp3) is 0. The molecule has 0 aliphatic heterocycles. The van der Waals surface area contributed by atoms with E-state index in [0.29, 0.717) is 0 Å². The maximum absolute atomic E-state index is 2.45. The quantitative estimate of drug-likeness (QED) is 0.174. The molecular weight excluding hydrogens is 607 g/mol. The highest BCUT2D eigenvalue weighted by Gasteiger charge is 2.20. The lowest BCUT2D eigenvalue weighted by Crippen LogP contribution is -2.10. The zero-order chi connectivity index (χ0) is 30.9. The smallest absolute Gasteiger partial charge is 0.0554 e. The fourth-order valence-electron chi connectivity index (χ4n) is 7.31. The average molecular weight is 634 g/mol. The molecule has 0 saturated carbocycles. The molecule has 0 atom stereocenters. The number of thiophene rings is 2. The Kier molecular flexibility index (Phi) is 5.98. The molecule has 10 aromatic rings. The summed E-state index contributed by atoms with van der Waals surface area (Å²) < 4.78 is 5.25. The molecule has 2 aromatic heterocycles. The number of anilines is 3. The highest BCUT2D eigenvalue weighted by Crippen LogP contribution is 2.47. The van der Waals surface area contributed by atoms with Crippen LogP contribution in [0.5, 0.6) is 0 Å². The summed E-state index contributed by atoms with van der Waals surface area (Å²) in [6, 6.07) is 60.3. The van der Waals surface area contributed by atoms with Crippen LogP contribution in [0.1, 0.15) is 0 Å². The Morgan fingerprint density at radius 3 is 1.79 bits per heavy atom. The Balaban J connectivity index is 1.20. The lowest BCUT2D eigenvalue weighted by Gasteiger charge is -2.27. The van der Waals surface area contributed by atoms with Crippen LogP contribution in [0, 0.1) is 0 Å². The largest absolute Gasteiger partial charge is 0.310 e. The van der Waals surface area contributed by atoms with Crippen LogP contribution in [0.25, 0.3) is 73.0 Å². The molecule has 0 spiro atoms. The molecular formula is C44H27NS2. The molecule has 10 rings (SSSR count). The van der Waals surface area contributed by atoms with Gasteiger partial charge in [0, 0.05) is 51.7 Å². The highest BCUT2D eigenvalue weighted by molar-refractivity contribution is 7.26. The maximum Gasteiger partial charge on any atom is 0.0554 e. The van der Waals surface area contributed by atoms with Crippen LogP contribution in [0.3, 0.4) is 0 Å². The molecule has 0 fully saturated rings. The van der Waals surface area contributed by atoms with Gasteiger partial charge in [-0.15, -0.1) is 22.7 Å². The SMILES string of the molecule is c1ccc2c(c1)cc(-c1ccc(N(c3ccc4sc5ccccc5c4c3)c3cccc4sc5ccccc5c34)cc1)c1ccccc12. The van der Waals surface area contributed by atoms with Gasteiger partial charge in [-0.2, -0.15) is 0 Å². The molecule has 0 bridgehead atoms. The topological polar surface area (TPSA) is 3.24 Å². The standard InChI is InChI=1S/C44H27NS2/c1-2-11-32-29(10-1)26-37(34-13-4-3-12-33(32)34)28-20-22-30(23-21-28)45(31-24-25-42-38(27-31)35-14-5-7-17-40(35)46-42)39-16-9-19-43-44(39)36-15-6-8-18-41(36)47-43/h1-27H. The predicted octanol–water partition coefficient (Wildman–Crippen LogP) is 13.9. The minimum atomic E-state index is 1.14. The third-order valence-electron chi connectivity index (χ3n) is 9.44. The van der Waals surface area contributed by atoms with Crippen LogP contribution in [0.4, 0.5) is 17.1 Å².